The van der Waals surface area contributed by atoms with Crippen LogP contribution in [0.2, 0.25) is 5.02 Å². The van der Waals surface area contributed by atoms with Gasteiger partial charge in [0.25, 0.3) is 0 Å². The lowest BCUT2D eigenvalue weighted by Gasteiger charge is -2.09. The Morgan fingerprint density at radius 2 is 2.20 bits per heavy atom. The van der Waals surface area contributed by atoms with Crippen molar-refractivity contribution in [3.8, 4) is 5.75 Å². The van der Waals surface area contributed by atoms with Gasteiger partial charge in [-0.2, -0.15) is 0 Å². The minimum absolute atomic E-state index is 0.125. The Morgan fingerprint density at radius 3 is 2.80 bits per heavy atom. The summed E-state index contributed by atoms with van der Waals surface area (Å²) < 4.78 is 9.69. The van der Waals surface area contributed by atoms with E-state index in [9.17, 15) is 4.79 Å². The molecule has 0 fully saturated rings. The van der Waals surface area contributed by atoms with E-state index in [0.717, 1.165) is 5.56 Å². The van der Waals surface area contributed by atoms with Crippen LogP contribution in [0, 0.1) is 6.92 Å². The number of benzene rings is 1. The number of aryl methyl sites for hydroxylation is 1. The molecule has 0 spiro atoms. The van der Waals surface area contributed by atoms with Crippen molar-refractivity contribution >= 4 is 30.2 Å². The van der Waals surface area contributed by atoms with Crippen molar-refractivity contribution in [2.45, 2.75) is 11.8 Å². The van der Waals surface area contributed by atoms with Crippen molar-refractivity contribution < 1.29 is 14.3 Å². The van der Waals surface area contributed by atoms with Gasteiger partial charge in [-0.05, 0) is 18.6 Å². The van der Waals surface area contributed by atoms with Gasteiger partial charge in [0.1, 0.15) is 5.75 Å². The molecule has 5 heteroatoms. The summed E-state index contributed by atoms with van der Waals surface area (Å²) in [6.07, 6.45) is 0. The van der Waals surface area contributed by atoms with Gasteiger partial charge in [-0.3, -0.25) is 0 Å². The summed E-state index contributed by atoms with van der Waals surface area (Å²) in [7, 11) is 1.31. The van der Waals surface area contributed by atoms with E-state index >= 15 is 0 Å². The zero-order valence-electron chi connectivity index (χ0n) is 8.41. The lowest BCUT2D eigenvalue weighted by atomic mass is 10.2. The smallest absolute Gasteiger partial charge is 0.343 e. The normalized spacial score (nSPS) is 9.87. The van der Waals surface area contributed by atoms with Crippen molar-refractivity contribution in [3.05, 3.63) is 22.7 Å². The lowest BCUT2D eigenvalue weighted by Crippen LogP contribution is -2.13. The maximum absolute atomic E-state index is 10.9. The van der Waals surface area contributed by atoms with Gasteiger partial charge in [0.2, 0.25) is 0 Å². The Labute approximate surface area is 98.7 Å². The standard InChI is InChI=1S/C10H11ClO3S/c1-6-3-9(15)7(11)4-8(6)14-5-10(12)13-2/h3-4,15H,5H2,1-2H3. The quantitative estimate of drug-likeness (QED) is 0.658. The van der Waals surface area contributed by atoms with Crippen LogP contribution >= 0.6 is 24.2 Å². The Hall–Kier alpha value is -0.870. The highest BCUT2D eigenvalue weighted by atomic mass is 35.5. The minimum Gasteiger partial charge on any atom is -0.482 e. The van der Waals surface area contributed by atoms with Crippen LogP contribution in [-0.4, -0.2) is 19.7 Å². The first-order chi connectivity index (χ1) is 7.04. The second-order valence-corrected chi connectivity index (χ2v) is 3.82. The fraction of sp³-hybridized carbons (Fsp3) is 0.300. The van der Waals surface area contributed by atoms with E-state index in [-0.39, 0.29) is 6.61 Å². The molecule has 3 nitrogen and oxygen atoms in total. The summed E-state index contributed by atoms with van der Waals surface area (Å²) in [5, 5.41) is 0.490. The molecule has 0 aliphatic carbocycles. The molecule has 15 heavy (non-hydrogen) atoms. The number of methoxy groups -OCH3 is 1. The van der Waals surface area contributed by atoms with Crippen LogP contribution < -0.4 is 4.74 Å². The van der Waals surface area contributed by atoms with E-state index in [1.165, 1.54) is 7.11 Å². The van der Waals surface area contributed by atoms with E-state index in [1.807, 2.05) is 6.92 Å². The molecule has 0 N–H and O–H groups in total. The molecule has 0 aliphatic rings. The Kier molecular flexibility index (Phi) is 4.29. The van der Waals surface area contributed by atoms with Crippen LogP contribution in [0.5, 0.6) is 5.75 Å². The van der Waals surface area contributed by atoms with Gasteiger partial charge in [0.05, 0.1) is 12.1 Å². The average Bonchev–Trinajstić information content (AvgIpc) is 2.21. The predicted molar refractivity (Wildman–Crippen MR) is 61.0 cm³/mol. The Balaban J connectivity index is 2.77. The number of ether oxygens (including phenoxy) is 2. The number of hydrogen-bond donors (Lipinski definition) is 1. The van der Waals surface area contributed by atoms with Gasteiger partial charge in [0, 0.05) is 11.0 Å². The highest BCUT2D eigenvalue weighted by Crippen LogP contribution is 2.28. The highest BCUT2D eigenvalue weighted by molar-refractivity contribution is 7.80. The second kappa shape index (κ2) is 5.28. The third kappa shape index (κ3) is 3.32. The van der Waals surface area contributed by atoms with Crippen molar-refractivity contribution in [2.75, 3.05) is 13.7 Å². The van der Waals surface area contributed by atoms with Gasteiger partial charge in [-0.25, -0.2) is 4.79 Å². The molecule has 0 atom stereocenters. The van der Waals surface area contributed by atoms with Gasteiger partial charge in [-0.15, -0.1) is 12.6 Å². The summed E-state index contributed by atoms with van der Waals surface area (Å²) in [6, 6.07) is 3.40. The molecule has 0 radical (unpaired) electrons. The first-order valence-electron chi connectivity index (χ1n) is 4.23. The molecular formula is C10H11ClO3S. The topological polar surface area (TPSA) is 35.5 Å². The average molecular weight is 247 g/mol. The zero-order chi connectivity index (χ0) is 11.4. The van der Waals surface area contributed by atoms with Crippen LogP contribution in [0.25, 0.3) is 0 Å². The molecule has 0 saturated carbocycles. The molecule has 1 rings (SSSR count). The van der Waals surface area contributed by atoms with E-state index in [1.54, 1.807) is 12.1 Å². The number of carbonyl (C=O) groups excluding carboxylic acids is 1. The van der Waals surface area contributed by atoms with Gasteiger partial charge >= 0.3 is 5.97 Å². The van der Waals surface area contributed by atoms with Crippen LogP contribution in [-0.2, 0) is 9.53 Å². The summed E-state index contributed by atoms with van der Waals surface area (Å²) in [5.74, 6) is 0.128. The molecule has 0 bridgehead atoms. The first kappa shape index (κ1) is 12.2. The van der Waals surface area contributed by atoms with Crippen molar-refractivity contribution in [3.63, 3.8) is 0 Å². The van der Waals surface area contributed by atoms with E-state index in [2.05, 4.69) is 17.4 Å². The monoisotopic (exact) mass is 246 g/mol. The first-order valence-corrected chi connectivity index (χ1v) is 5.06. The SMILES string of the molecule is COC(=O)COc1cc(Cl)c(S)cc1C. The third-order valence-electron chi connectivity index (χ3n) is 1.82. The molecular weight excluding hydrogens is 236 g/mol. The number of halogens is 1. The fourth-order valence-corrected chi connectivity index (χ4v) is 1.41. The fourth-order valence-electron chi connectivity index (χ4n) is 0.999. The van der Waals surface area contributed by atoms with E-state index in [0.29, 0.717) is 15.7 Å². The summed E-state index contributed by atoms with van der Waals surface area (Å²) in [4.78, 5) is 11.5. The number of thiol groups is 1. The van der Waals surface area contributed by atoms with Crippen molar-refractivity contribution in [1.29, 1.82) is 0 Å². The van der Waals surface area contributed by atoms with E-state index in [4.69, 9.17) is 16.3 Å². The highest BCUT2D eigenvalue weighted by Gasteiger charge is 2.07. The molecule has 82 valence electrons. The van der Waals surface area contributed by atoms with Crippen molar-refractivity contribution in [1.82, 2.24) is 0 Å². The summed E-state index contributed by atoms with van der Waals surface area (Å²) in [5.41, 5.74) is 0.869. The Bertz CT molecular complexity index is 379. The van der Waals surface area contributed by atoms with Gasteiger partial charge in [0.15, 0.2) is 6.61 Å². The zero-order valence-corrected chi connectivity index (χ0v) is 10.1. The maximum Gasteiger partial charge on any atom is 0.343 e. The molecule has 0 aromatic heterocycles. The van der Waals surface area contributed by atoms with Gasteiger partial charge < -0.3 is 9.47 Å². The molecule has 0 unspecified atom stereocenters. The Morgan fingerprint density at radius 1 is 1.53 bits per heavy atom. The van der Waals surface area contributed by atoms with Crippen LogP contribution in [0.1, 0.15) is 5.56 Å². The molecule has 1 aromatic carbocycles. The van der Waals surface area contributed by atoms with E-state index < -0.39 is 5.97 Å². The molecule has 0 aliphatic heterocycles. The lowest BCUT2D eigenvalue weighted by molar-refractivity contribution is -0.142. The molecule has 0 amide bonds. The van der Waals surface area contributed by atoms with Crippen LogP contribution in [0.15, 0.2) is 17.0 Å². The third-order valence-corrected chi connectivity index (χ3v) is 2.63. The number of hydrogen-bond acceptors (Lipinski definition) is 4. The van der Waals surface area contributed by atoms with Crippen LogP contribution in [0.3, 0.4) is 0 Å². The van der Waals surface area contributed by atoms with Crippen molar-refractivity contribution in [2.24, 2.45) is 0 Å². The molecule has 0 saturated heterocycles. The second-order valence-electron chi connectivity index (χ2n) is 2.93. The number of carbonyl (C=O) groups is 1. The maximum atomic E-state index is 10.9. The number of esters is 1. The largest absolute Gasteiger partial charge is 0.482 e. The minimum atomic E-state index is -0.430. The number of rotatable bonds is 3. The molecule has 1 aromatic rings. The van der Waals surface area contributed by atoms with Gasteiger partial charge in [-0.1, -0.05) is 11.6 Å². The molecule has 0 heterocycles. The summed E-state index contributed by atoms with van der Waals surface area (Å²) >= 11 is 10.0. The van der Waals surface area contributed by atoms with Crippen LogP contribution in [0.4, 0.5) is 0 Å². The predicted octanol–water partition coefficient (Wildman–Crippen LogP) is 2.49. The summed E-state index contributed by atoms with van der Waals surface area (Å²) in [6.45, 7) is 1.72.